The first-order valence-corrected chi connectivity index (χ1v) is 11.5. The summed E-state index contributed by atoms with van der Waals surface area (Å²) in [4.78, 5) is 14.2. The zero-order valence-corrected chi connectivity index (χ0v) is 20.4. The zero-order chi connectivity index (χ0) is 23.8. The number of fused-ring (bicyclic) bond motifs is 1. The van der Waals surface area contributed by atoms with Crippen LogP contribution in [0.4, 0.5) is 11.6 Å². The second kappa shape index (κ2) is 8.88. The Bertz CT molecular complexity index is 1500. The Hall–Kier alpha value is -3.77. The summed E-state index contributed by atoms with van der Waals surface area (Å²) in [5.74, 6) is 3.03. The lowest BCUT2D eigenvalue weighted by Crippen LogP contribution is -2.10. The van der Waals surface area contributed by atoms with Crippen molar-refractivity contribution in [2.24, 2.45) is 0 Å². The number of halogens is 1. The molecule has 0 bridgehead atoms. The van der Waals surface area contributed by atoms with Gasteiger partial charge in [-0.1, -0.05) is 41.9 Å². The largest absolute Gasteiger partial charge is 0.324 e. The van der Waals surface area contributed by atoms with Crippen LogP contribution in [0.15, 0.2) is 60.7 Å². The van der Waals surface area contributed by atoms with Gasteiger partial charge in [-0.05, 0) is 63.1 Å². The van der Waals surface area contributed by atoms with Crippen molar-refractivity contribution >= 4 is 34.1 Å². The number of nitrogens with zero attached hydrogens (tertiary/aromatic N) is 5. The summed E-state index contributed by atoms with van der Waals surface area (Å²) in [6.45, 7) is 7.99. The molecule has 0 amide bonds. The highest BCUT2D eigenvalue weighted by Crippen LogP contribution is 2.27. The second-order valence-electron chi connectivity index (χ2n) is 8.51. The molecule has 170 valence electrons. The topological polar surface area (TPSA) is 68.5 Å². The Morgan fingerprint density at radius 3 is 2.44 bits per heavy atom. The maximum atomic E-state index is 6.08. The van der Waals surface area contributed by atoms with Crippen LogP contribution in [-0.4, -0.2) is 24.7 Å². The van der Waals surface area contributed by atoms with Gasteiger partial charge >= 0.3 is 0 Å². The van der Waals surface area contributed by atoms with Crippen LogP contribution in [0, 0.1) is 27.7 Å². The predicted molar refractivity (Wildman–Crippen MR) is 137 cm³/mol. The molecule has 34 heavy (non-hydrogen) atoms. The highest BCUT2D eigenvalue weighted by molar-refractivity contribution is 6.30. The molecule has 0 atom stereocenters. The van der Waals surface area contributed by atoms with E-state index in [1.807, 2.05) is 74.0 Å². The molecular weight excluding hydrogens is 444 g/mol. The highest BCUT2D eigenvalue weighted by atomic mass is 35.5. The number of hydrogen-bond acceptors (Lipinski definition) is 5. The average Bonchev–Trinajstić information content (AvgIpc) is 3.17. The lowest BCUT2D eigenvalue weighted by Gasteiger charge is -2.15. The third-order valence-electron chi connectivity index (χ3n) is 5.82. The van der Waals surface area contributed by atoms with Crippen LogP contribution in [0.25, 0.3) is 16.7 Å². The number of para-hydroxylation sites is 1. The number of nitrogens with one attached hydrogen (secondary N) is 1. The number of anilines is 2. The standard InChI is InChI=1S/C27H25ClN6/c1-16-13-25(31-24-8-6-5-7-22(16)24)34-26(14-17(2)33-34)32-27-23(18(3)29-19(4)30-27)15-20-9-11-21(28)12-10-20/h5-14H,15H2,1-4H3,(H,29,30,32). The average molecular weight is 469 g/mol. The molecule has 0 aliphatic rings. The second-order valence-corrected chi connectivity index (χ2v) is 8.95. The Labute approximate surface area is 203 Å². The summed E-state index contributed by atoms with van der Waals surface area (Å²) in [6.07, 6.45) is 0.687. The fraction of sp³-hybridized carbons (Fsp3) is 0.185. The van der Waals surface area contributed by atoms with Crippen molar-refractivity contribution in [1.82, 2.24) is 24.7 Å². The number of hydrogen-bond donors (Lipinski definition) is 1. The van der Waals surface area contributed by atoms with Crippen LogP contribution in [0.1, 0.15) is 33.9 Å². The summed E-state index contributed by atoms with van der Waals surface area (Å²) in [5.41, 5.74) is 6.08. The van der Waals surface area contributed by atoms with E-state index in [4.69, 9.17) is 26.7 Å². The number of aromatic nitrogens is 5. The number of benzene rings is 2. The quantitative estimate of drug-likeness (QED) is 0.322. The first-order valence-electron chi connectivity index (χ1n) is 11.2. The van der Waals surface area contributed by atoms with E-state index in [2.05, 4.69) is 29.4 Å². The molecule has 0 radical (unpaired) electrons. The lowest BCUT2D eigenvalue weighted by molar-refractivity contribution is 0.840. The van der Waals surface area contributed by atoms with Crippen molar-refractivity contribution in [3.8, 4) is 5.82 Å². The molecule has 5 rings (SSSR count). The molecule has 3 heterocycles. The number of rotatable bonds is 5. The van der Waals surface area contributed by atoms with Crippen molar-refractivity contribution in [3.63, 3.8) is 0 Å². The fourth-order valence-electron chi connectivity index (χ4n) is 4.18. The van der Waals surface area contributed by atoms with Crippen LogP contribution < -0.4 is 5.32 Å². The number of aryl methyl sites for hydroxylation is 4. The van der Waals surface area contributed by atoms with Gasteiger partial charge in [0.15, 0.2) is 5.82 Å². The Balaban J connectivity index is 1.57. The van der Waals surface area contributed by atoms with Gasteiger partial charge in [-0.15, -0.1) is 0 Å². The first-order chi connectivity index (χ1) is 16.4. The van der Waals surface area contributed by atoms with Crippen LogP contribution in [0.3, 0.4) is 0 Å². The van der Waals surface area contributed by atoms with Gasteiger partial charge < -0.3 is 5.32 Å². The minimum Gasteiger partial charge on any atom is -0.324 e. The molecule has 0 unspecified atom stereocenters. The summed E-state index contributed by atoms with van der Waals surface area (Å²) in [6, 6.07) is 20.1. The van der Waals surface area contributed by atoms with E-state index in [9.17, 15) is 0 Å². The molecule has 1 N–H and O–H groups in total. The monoisotopic (exact) mass is 468 g/mol. The minimum absolute atomic E-state index is 0.687. The smallest absolute Gasteiger partial charge is 0.156 e. The minimum atomic E-state index is 0.687. The molecule has 0 spiro atoms. The summed E-state index contributed by atoms with van der Waals surface area (Å²) < 4.78 is 1.84. The van der Waals surface area contributed by atoms with Crippen molar-refractivity contribution in [2.45, 2.75) is 34.1 Å². The van der Waals surface area contributed by atoms with Gasteiger partial charge in [0.25, 0.3) is 0 Å². The summed E-state index contributed by atoms with van der Waals surface area (Å²) in [5, 5.41) is 10.1. The van der Waals surface area contributed by atoms with E-state index in [0.717, 1.165) is 61.5 Å². The molecule has 0 fully saturated rings. The molecule has 5 aromatic rings. The van der Waals surface area contributed by atoms with Gasteiger partial charge in [0.1, 0.15) is 17.5 Å². The summed E-state index contributed by atoms with van der Waals surface area (Å²) >= 11 is 6.08. The third kappa shape index (κ3) is 4.37. The van der Waals surface area contributed by atoms with Crippen LogP contribution >= 0.6 is 11.6 Å². The Morgan fingerprint density at radius 1 is 0.882 bits per heavy atom. The van der Waals surface area contributed by atoms with E-state index in [1.54, 1.807) is 0 Å². The molecule has 7 heteroatoms. The van der Waals surface area contributed by atoms with Crippen LogP contribution in [0.5, 0.6) is 0 Å². The van der Waals surface area contributed by atoms with E-state index in [1.165, 1.54) is 0 Å². The van der Waals surface area contributed by atoms with E-state index in [-0.39, 0.29) is 0 Å². The van der Waals surface area contributed by atoms with Crippen molar-refractivity contribution in [2.75, 3.05) is 5.32 Å². The highest BCUT2D eigenvalue weighted by Gasteiger charge is 2.16. The van der Waals surface area contributed by atoms with Crippen molar-refractivity contribution < 1.29 is 0 Å². The summed E-state index contributed by atoms with van der Waals surface area (Å²) in [7, 11) is 0. The van der Waals surface area contributed by atoms with Gasteiger partial charge in [0, 0.05) is 34.2 Å². The third-order valence-corrected chi connectivity index (χ3v) is 6.08. The molecule has 0 saturated carbocycles. The Morgan fingerprint density at radius 2 is 1.65 bits per heavy atom. The lowest BCUT2D eigenvalue weighted by atomic mass is 10.0. The van der Waals surface area contributed by atoms with Crippen molar-refractivity contribution in [1.29, 1.82) is 0 Å². The van der Waals surface area contributed by atoms with Gasteiger partial charge in [0.05, 0.1) is 11.2 Å². The molecule has 0 aliphatic heterocycles. The maximum absolute atomic E-state index is 6.08. The van der Waals surface area contributed by atoms with E-state index in [0.29, 0.717) is 12.2 Å². The SMILES string of the molecule is Cc1cc(Nc2nc(C)nc(C)c2Cc2ccc(Cl)cc2)n(-c2cc(C)c3ccccc3n2)n1. The molecule has 0 aliphatic carbocycles. The Kier molecular flexibility index (Phi) is 5.75. The van der Waals surface area contributed by atoms with E-state index >= 15 is 0 Å². The van der Waals surface area contributed by atoms with Gasteiger partial charge in [0.2, 0.25) is 0 Å². The van der Waals surface area contributed by atoms with Crippen molar-refractivity contribution in [3.05, 3.63) is 99.6 Å². The van der Waals surface area contributed by atoms with Gasteiger partial charge in [-0.2, -0.15) is 9.78 Å². The zero-order valence-electron chi connectivity index (χ0n) is 19.6. The molecule has 6 nitrogen and oxygen atoms in total. The normalized spacial score (nSPS) is 11.2. The molecule has 3 aromatic heterocycles. The predicted octanol–water partition coefficient (Wildman–Crippen LogP) is 6.43. The van der Waals surface area contributed by atoms with Gasteiger partial charge in [-0.3, -0.25) is 0 Å². The maximum Gasteiger partial charge on any atom is 0.156 e. The van der Waals surface area contributed by atoms with Crippen LogP contribution in [-0.2, 0) is 6.42 Å². The van der Waals surface area contributed by atoms with Crippen LogP contribution in [0.2, 0.25) is 5.02 Å². The molecule has 0 saturated heterocycles. The number of pyridine rings is 1. The molecular formula is C27H25ClN6. The molecule has 2 aromatic carbocycles. The fourth-order valence-corrected chi connectivity index (χ4v) is 4.31. The van der Waals surface area contributed by atoms with E-state index < -0.39 is 0 Å². The van der Waals surface area contributed by atoms with Gasteiger partial charge in [-0.25, -0.2) is 15.0 Å². The first kappa shape index (κ1) is 22.0.